The van der Waals surface area contributed by atoms with Crippen LogP contribution in [0.25, 0.3) is 0 Å². The quantitative estimate of drug-likeness (QED) is 0.525. The normalized spacial score (nSPS) is 20.1. The highest BCUT2D eigenvalue weighted by molar-refractivity contribution is 4.70. The van der Waals surface area contributed by atoms with Crippen LogP contribution in [0, 0.1) is 0 Å². The van der Waals surface area contributed by atoms with Crippen LogP contribution in [0.2, 0.25) is 0 Å². The zero-order chi connectivity index (χ0) is 12.3. The third kappa shape index (κ3) is 7.74. The summed E-state index contributed by atoms with van der Waals surface area (Å²) in [5.74, 6) is 0. The second-order valence-corrected chi connectivity index (χ2v) is 4.98. The van der Waals surface area contributed by atoms with Gasteiger partial charge in [0, 0.05) is 19.2 Å². The van der Waals surface area contributed by atoms with Crippen molar-refractivity contribution >= 4 is 0 Å². The van der Waals surface area contributed by atoms with E-state index in [1.165, 1.54) is 38.5 Å². The minimum absolute atomic E-state index is 0.214. The molecule has 0 saturated heterocycles. The van der Waals surface area contributed by atoms with E-state index in [1.807, 2.05) is 6.92 Å². The first-order chi connectivity index (χ1) is 8.33. The third-order valence-electron chi connectivity index (χ3n) is 3.35. The lowest BCUT2D eigenvalue weighted by Crippen LogP contribution is -2.32. The van der Waals surface area contributed by atoms with Crippen molar-refractivity contribution in [1.29, 1.82) is 0 Å². The van der Waals surface area contributed by atoms with Gasteiger partial charge in [0.25, 0.3) is 0 Å². The number of hydrogen-bond acceptors (Lipinski definition) is 3. The molecule has 0 radical (unpaired) electrons. The first-order valence-electron chi connectivity index (χ1n) is 7.25. The summed E-state index contributed by atoms with van der Waals surface area (Å²) in [6, 6.07) is 0.725. The Morgan fingerprint density at radius 1 is 1.18 bits per heavy atom. The zero-order valence-corrected chi connectivity index (χ0v) is 11.5. The van der Waals surface area contributed by atoms with E-state index in [1.54, 1.807) is 0 Å². The molecule has 1 fully saturated rings. The molecule has 1 aliphatic carbocycles. The van der Waals surface area contributed by atoms with Crippen LogP contribution in [0.3, 0.4) is 0 Å². The maximum atomic E-state index is 5.68. The van der Waals surface area contributed by atoms with Crippen molar-refractivity contribution in [2.24, 2.45) is 0 Å². The molecule has 3 heteroatoms. The van der Waals surface area contributed by atoms with Crippen LogP contribution in [-0.2, 0) is 9.47 Å². The Labute approximate surface area is 106 Å². The molecular formula is C14H29NO2. The minimum Gasteiger partial charge on any atom is -0.379 e. The molecule has 0 aromatic rings. The van der Waals surface area contributed by atoms with Gasteiger partial charge in [-0.15, -0.1) is 0 Å². The highest BCUT2D eigenvalue weighted by atomic mass is 16.5. The molecule has 0 heterocycles. The lowest BCUT2D eigenvalue weighted by Gasteiger charge is -2.17. The molecule has 0 aliphatic heterocycles. The van der Waals surface area contributed by atoms with Crippen LogP contribution >= 0.6 is 0 Å². The van der Waals surface area contributed by atoms with Gasteiger partial charge >= 0.3 is 0 Å². The van der Waals surface area contributed by atoms with E-state index in [0.29, 0.717) is 6.61 Å². The molecule has 1 atom stereocenters. The maximum Gasteiger partial charge on any atom is 0.0781 e. The van der Waals surface area contributed by atoms with E-state index >= 15 is 0 Å². The lowest BCUT2D eigenvalue weighted by molar-refractivity contribution is -0.00252. The number of ether oxygens (including phenoxy) is 2. The molecule has 17 heavy (non-hydrogen) atoms. The second-order valence-electron chi connectivity index (χ2n) is 4.98. The predicted octanol–water partition coefficient (Wildman–Crippen LogP) is 2.74. The van der Waals surface area contributed by atoms with Gasteiger partial charge in [-0.1, -0.05) is 25.7 Å². The largest absolute Gasteiger partial charge is 0.379 e. The highest BCUT2D eigenvalue weighted by Gasteiger charge is 2.11. The molecule has 102 valence electrons. The summed E-state index contributed by atoms with van der Waals surface area (Å²) < 4.78 is 11.0. The van der Waals surface area contributed by atoms with Gasteiger partial charge in [-0.2, -0.15) is 0 Å². The van der Waals surface area contributed by atoms with Crippen molar-refractivity contribution in [3.05, 3.63) is 0 Å². The molecule has 0 aromatic heterocycles. The topological polar surface area (TPSA) is 30.5 Å². The fraction of sp³-hybridized carbons (Fsp3) is 1.00. The number of rotatable bonds is 8. The molecule has 1 N–H and O–H groups in total. The molecule has 1 aliphatic rings. The van der Waals surface area contributed by atoms with Crippen molar-refractivity contribution < 1.29 is 9.47 Å². The van der Waals surface area contributed by atoms with Gasteiger partial charge in [-0.05, 0) is 26.7 Å². The van der Waals surface area contributed by atoms with Gasteiger partial charge in [0.05, 0.1) is 19.3 Å². The summed E-state index contributed by atoms with van der Waals surface area (Å²) in [5.41, 5.74) is 0. The van der Waals surface area contributed by atoms with Gasteiger partial charge in [0.1, 0.15) is 0 Å². The number of nitrogens with one attached hydrogen (secondary N) is 1. The Kier molecular flexibility index (Phi) is 8.67. The van der Waals surface area contributed by atoms with Crippen LogP contribution in [0.15, 0.2) is 0 Å². The van der Waals surface area contributed by atoms with Crippen LogP contribution < -0.4 is 5.32 Å². The molecule has 0 amide bonds. The molecule has 3 nitrogen and oxygen atoms in total. The van der Waals surface area contributed by atoms with E-state index in [4.69, 9.17) is 9.47 Å². The zero-order valence-electron chi connectivity index (χ0n) is 11.5. The summed E-state index contributed by atoms with van der Waals surface area (Å²) in [4.78, 5) is 0. The van der Waals surface area contributed by atoms with Crippen molar-refractivity contribution in [1.82, 2.24) is 5.32 Å². The van der Waals surface area contributed by atoms with E-state index in [2.05, 4.69) is 12.2 Å². The van der Waals surface area contributed by atoms with E-state index in [9.17, 15) is 0 Å². The Balaban J connectivity index is 1.95. The molecule has 0 bridgehead atoms. The predicted molar refractivity (Wildman–Crippen MR) is 71.4 cm³/mol. The Morgan fingerprint density at radius 3 is 2.53 bits per heavy atom. The van der Waals surface area contributed by atoms with Crippen molar-refractivity contribution in [2.45, 2.75) is 64.5 Å². The lowest BCUT2D eigenvalue weighted by atomic mass is 10.1. The Hall–Kier alpha value is -0.120. The van der Waals surface area contributed by atoms with Crippen molar-refractivity contribution in [2.75, 3.05) is 26.4 Å². The van der Waals surface area contributed by atoms with Gasteiger partial charge < -0.3 is 14.8 Å². The van der Waals surface area contributed by atoms with Gasteiger partial charge in [0.15, 0.2) is 0 Å². The minimum atomic E-state index is 0.214. The molecule has 1 saturated carbocycles. The Bertz CT molecular complexity index is 168. The average molecular weight is 243 g/mol. The highest BCUT2D eigenvalue weighted by Crippen LogP contribution is 2.16. The molecular weight excluding hydrogens is 214 g/mol. The van der Waals surface area contributed by atoms with Gasteiger partial charge in [-0.25, -0.2) is 0 Å². The van der Waals surface area contributed by atoms with Gasteiger partial charge in [0.2, 0.25) is 0 Å². The summed E-state index contributed by atoms with van der Waals surface area (Å²) in [5, 5.41) is 3.61. The third-order valence-corrected chi connectivity index (χ3v) is 3.35. The Morgan fingerprint density at radius 2 is 1.88 bits per heavy atom. The maximum absolute atomic E-state index is 5.68. The standard InChI is InChI=1S/C14H29NO2/c1-3-16-12-13(2)17-11-10-15-14-8-6-4-5-7-9-14/h13-15H,3-12H2,1-2H3. The smallest absolute Gasteiger partial charge is 0.0781 e. The molecule has 0 aromatic carbocycles. The van der Waals surface area contributed by atoms with Crippen LogP contribution in [0.5, 0.6) is 0 Å². The molecule has 1 unspecified atom stereocenters. The fourth-order valence-corrected chi connectivity index (χ4v) is 2.34. The summed E-state index contributed by atoms with van der Waals surface area (Å²) in [6.07, 6.45) is 8.51. The van der Waals surface area contributed by atoms with Crippen molar-refractivity contribution in [3.63, 3.8) is 0 Å². The summed E-state index contributed by atoms with van der Waals surface area (Å²) >= 11 is 0. The molecule has 1 rings (SSSR count). The SMILES string of the molecule is CCOCC(C)OCCNC1CCCCCC1. The van der Waals surface area contributed by atoms with E-state index in [0.717, 1.165) is 25.8 Å². The van der Waals surface area contributed by atoms with Crippen LogP contribution in [0.4, 0.5) is 0 Å². The van der Waals surface area contributed by atoms with Crippen LogP contribution in [-0.4, -0.2) is 38.5 Å². The van der Waals surface area contributed by atoms with Crippen molar-refractivity contribution in [3.8, 4) is 0 Å². The monoisotopic (exact) mass is 243 g/mol. The van der Waals surface area contributed by atoms with E-state index < -0.39 is 0 Å². The summed E-state index contributed by atoms with van der Waals surface area (Å²) in [6.45, 7) is 7.33. The second kappa shape index (κ2) is 9.86. The van der Waals surface area contributed by atoms with Crippen LogP contribution in [0.1, 0.15) is 52.4 Å². The first-order valence-corrected chi connectivity index (χ1v) is 7.25. The van der Waals surface area contributed by atoms with E-state index in [-0.39, 0.29) is 6.10 Å². The first kappa shape index (κ1) is 14.9. The van der Waals surface area contributed by atoms with Gasteiger partial charge in [-0.3, -0.25) is 0 Å². The fourth-order valence-electron chi connectivity index (χ4n) is 2.34. The number of hydrogen-bond donors (Lipinski definition) is 1. The summed E-state index contributed by atoms with van der Waals surface area (Å²) in [7, 11) is 0. The average Bonchev–Trinajstić information content (AvgIpc) is 2.60. The molecule has 0 spiro atoms.